The van der Waals surface area contributed by atoms with Gasteiger partial charge in [-0.15, -0.1) is 11.3 Å². The molecule has 0 aliphatic heterocycles. The summed E-state index contributed by atoms with van der Waals surface area (Å²) in [5, 5.41) is 7.89. The lowest BCUT2D eigenvalue weighted by molar-refractivity contribution is 1.07. The predicted octanol–water partition coefficient (Wildman–Crippen LogP) is 17.9. The summed E-state index contributed by atoms with van der Waals surface area (Å²) in [5.74, 6) is 1.87. The highest BCUT2D eigenvalue weighted by Crippen LogP contribution is 2.45. The van der Waals surface area contributed by atoms with E-state index >= 15 is 0 Å². The van der Waals surface area contributed by atoms with Crippen molar-refractivity contribution < 1.29 is 0 Å². The molecule has 0 radical (unpaired) electrons. The number of thiophene rings is 1. The molecule has 322 valence electrons. The van der Waals surface area contributed by atoms with Crippen LogP contribution in [0.3, 0.4) is 0 Å². The molecule has 0 bridgehead atoms. The van der Waals surface area contributed by atoms with Crippen molar-refractivity contribution in [2.75, 3.05) is 0 Å². The van der Waals surface area contributed by atoms with Gasteiger partial charge >= 0.3 is 0 Å². The summed E-state index contributed by atoms with van der Waals surface area (Å²) in [7, 11) is 0. The number of aromatic nitrogens is 3. The highest BCUT2D eigenvalue weighted by Gasteiger charge is 2.17. The molecule has 0 saturated carbocycles. The largest absolute Gasteiger partial charge is 0.208 e. The first kappa shape index (κ1) is 40.4. The first-order chi connectivity index (χ1) is 34.2. The van der Waals surface area contributed by atoms with E-state index in [0.29, 0.717) is 17.5 Å². The summed E-state index contributed by atoms with van der Waals surface area (Å²) in [5.41, 5.74) is 14.3. The molecule has 0 unspecified atom stereocenters. The summed E-state index contributed by atoms with van der Waals surface area (Å²) in [6.45, 7) is 0. The minimum Gasteiger partial charge on any atom is -0.208 e. The van der Waals surface area contributed by atoms with Gasteiger partial charge in [0.2, 0.25) is 0 Å². The fraction of sp³-hybridized carbons (Fsp3) is 0. The molecule has 13 aromatic rings. The van der Waals surface area contributed by atoms with Crippen LogP contribution in [0.5, 0.6) is 0 Å². The van der Waals surface area contributed by atoms with Gasteiger partial charge in [-0.2, -0.15) is 0 Å². The summed E-state index contributed by atoms with van der Waals surface area (Å²) < 4.78 is 2.66. The zero-order chi connectivity index (χ0) is 45.7. The van der Waals surface area contributed by atoms with Crippen LogP contribution in [0.15, 0.2) is 249 Å². The van der Waals surface area contributed by atoms with Gasteiger partial charge in [0, 0.05) is 42.2 Å². The van der Waals surface area contributed by atoms with Crippen molar-refractivity contribution in [3.05, 3.63) is 249 Å². The second-order valence-corrected chi connectivity index (χ2v) is 18.6. The third-order valence-electron chi connectivity index (χ3n) is 13.3. The molecule has 2 heterocycles. The van der Waals surface area contributed by atoms with Crippen molar-refractivity contribution in [2.24, 2.45) is 0 Å². The molecule has 11 aromatic carbocycles. The second-order valence-electron chi connectivity index (χ2n) is 17.5. The van der Waals surface area contributed by atoms with Gasteiger partial charge in [-0.1, -0.05) is 212 Å². The van der Waals surface area contributed by atoms with Crippen LogP contribution in [-0.4, -0.2) is 15.0 Å². The molecular weight excluding hydrogens is 855 g/mol. The van der Waals surface area contributed by atoms with E-state index in [2.05, 4.69) is 237 Å². The zero-order valence-corrected chi connectivity index (χ0v) is 38.2. The Morgan fingerprint density at radius 1 is 0.217 bits per heavy atom. The van der Waals surface area contributed by atoms with Crippen LogP contribution in [0.4, 0.5) is 0 Å². The van der Waals surface area contributed by atoms with E-state index in [9.17, 15) is 0 Å². The summed E-state index contributed by atoms with van der Waals surface area (Å²) >= 11 is 1.90. The van der Waals surface area contributed by atoms with Crippen LogP contribution in [0.1, 0.15) is 0 Å². The Bertz CT molecular complexity index is 4060. The molecule has 0 atom stereocenters. The van der Waals surface area contributed by atoms with Crippen LogP contribution in [-0.2, 0) is 0 Å². The van der Waals surface area contributed by atoms with Crippen LogP contribution < -0.4 is 0 Å². The fourth-order valence-corrected chi connectivity index (χ4v) is 11.1. The molecule has 0 aliphatic carbocycles. The average Bonchev–Trinajstić information content (AvgIpc) is 3.83. The molecule has 0 fully saturated rings. The van der Waals surface area contributed by atoms with Crippen molar-refractivity contribution in [2.45, 2.75) is 0 Å². The molecule has 2 aromatic heterocycles. The van der Waals surface area contributed by atoms with Gasteiger partial charge in [0.1, 0.15) is 0 Å². The number of rotatable bonds is 8. The number of fused-ring (bicyclic) bond motifs is 8. The minimum absolute atomic E-state index is 0.620. The van der Waals surface area contributed by atoms with Crippen LogP contribution >= 0.6 is 11.3 Å². The predicted molar refractivity (Wildman–Crippen MR) is 291 cm³/mol. The van der Waals surface area contributed by atoms with Crippen molar-refractivity contribution in [3.63, 3.8) is 0 Å². The van der Waals surface area contributed by atoms with E-state index < -0.39 is 0 Å². The summed E-state index contributed by atoms with van der Waals surface area (Å²) in [4.78, 5) is 15.5. The van der Waals surface area contributed by atoms with Gasteiger partial charge < -0.3 is 0 Å². The van der Waals surface area contributed by atoms with Crippen LogP contribution in [0.2, 0.25) is 0 Å². The Labute approximate surface area is 404 Å². The van der Waals surface area contributed by atoms with Crippen LogP contribution in [0, 0.1) is 0 Å². The number of hydrogen-bond acceptors (Lipinski definition) is 4. The Hall–Kier alpha value is -8.83. The number of nitrogens with zero attached hydrogens (tertiary/aromatic N) is 3. The van der Waals surface area contributed by atoms with Gasteiger partial charge in [0.15, 0.2) is 17.5 Å². The normalized spacial score (nSPS) is 11.5. The van der Waals surface area contributed by atoms with Gasteiger partial charge in [0.25, 0.3) is 0 Å². The fourth-order valence-electron chi connectivity index (χ4n) is 9.85. The lowest BCUT2D eigenvalue weighted by Crippen LogP contribution is -2.00. The molecule has 0 N–H and O–H groups in total. The highest BCUT2D eigenvalue weighted by molar-refractivity contribution is 7.27. The number of benzene rings is 11. The Morgan fingerprint density at radius 2 is 0.551 bits per heavy atom. The summed E-state index contributed by atoms with van der Waals surface area (Å²) in [6.07, 6.45) is 0. The van der Waals surface area contributed by atoms with Crippen molar-refractivity contribution in [1.29, 1.82) is 0 Å². The molecule has 13 rings (SSSR count). The zero-order valence-electron chi connectivity index (χ0n) is 37.4. The minimum atomic E-state index is 0.620. The van der Waals surface area contributed by atoms with E-state index in [1.165, 1.54) is 64.0 Å². The number of hydrogen-bond donors (Lipinski definition) is 0. The van der Waals surface area contributed by atoms with E-state index in [1.54, 1.807) is 0 Å². The highest BCUT2D eigenvalue weighted by atomic mass is 32.1. The lowest BCUT2D eigenvalue weighted by atomic mass is 9.94. The maximum atomic E-state index is 5.18. The molecular formula is C65H41N3S. The first-order valence-corrected chi connectivity index (χ1v) is 24.1. The monoisotopic (exact) mass is 895 g/mol. The average molecular weight is 896 g/mol. The van der Waals surface area contributed by atoms with Gasteiger partial charge in [-0.25, -0.2) is 15.0 Å². The molecule has 0 spiro atoms. The van der Waals surface area contributed by atoms with E-state index in [0.717, 1.165) is 50.1 Å². The SMILES string of the molecule is c1ccc(-c2ccc(-c3nc(-c4cccc(-c5ccccc5)c4)nc(-c4cccc(-c5cccc(-c6cccc(-c7ccc8sc9c%10ccccc%10c%10ccccc%10c9c8c7)c6)c5)c4)n3)cc2)cc1. The second kappa shape index (κ2) is 17.1. The maximum absolute atomic E-state index is 5.18. The van der Waals surface area contributed by atoms with E-state index in [-0.39, 0.29) is 0 Å². The third-order valence-corrected chi connectivity index (χ3v) is 14.5. The Morgan fingerprint density at radius 3 is 1.09 bits per heavy atom. The van der Waals surface area contributed by atoms with Crippen molar-refractivity contribution in [1.82, 2.24) is 15.0 Å². The quantitative estimate of drug-likeness (QED) is 0.143. The van der Waals surface area contributed by atoms with E-state index in [1.807, 2.05) is 23.5 Å². The summed E-state index contributed by atoms with van der Waals surface area (Å²) in [6, 6.07) is 88.8. The van der Waals surface area contributed by atoms with E-state index in [4.69, 9.17) is 15.0 Å². The maximum Gasteiger partial charge on any atom is 0.164 e. The standard InChI is InChI=1S/C65H41N3S/c1-3-15-42(16-4-1)44-31-33-45(34-32-44)63-66-64(53-25-13-19-46(39-53)43-17-5-2-6-18-43)68-65(67-63)54-26-14-24-51(40-54)49-22-11-20-47(37-49)48-21-12-23-50(38-48)52-35-36-60-59(41-52)61-57-29-9-7-27-55(57)56-28-8-10-30-58(56)62(61)69-60/h1-41H. The van der Waals surface area contributed by atoms with Crippen LogP contribution in [0.25, 0.3) is 132 Å². The topological polar surface area (TPSA) is 38.7 Å². The lowest BCUT2D eigenvalue weighted by Gasteiger charge is -2.12. The smallest absolute Gasteiger partial charge is 0.164 e. The molecule has 0 amide bonds. The van der Waals surface area contributed by atoms with Gasteiger partial charge in [-0.05, 0) is 108 Å². The van der Waals surface area contributed by atoms with Gasteiger partial charge in [0.05, 0.1) is 0 Å². The Kier molecular flexibility index (Phi) is 10.0. The molecule has 0 aliphatic rings. The third kappa shape index (κ3) is 7.54. The molecule has 4 heteroatoms. The van der Waals surface area contributed by atoms with Gasteiger partial charge in [-0.3, -0.25) is 0 Å². The molecule has 0 saturated heterocycles. The Balaban J connectivity index is 0.861. The van der Waals surface area contributed by atoms with Crippen molar-refractivity contribution >= 4 is 53.1 Å². The first-order valence-electron chi connectivity index (χ1n) is 23.3. The molecule has 69 heavy (non-hydrogen) atoms. The van der Waals surface area contributed by atoms with Crippen molar-refractivity contribution in [3.8, 4) is 89.8 Å². The molecule has 3 nitrogen and oxygen atoms in total.